The minimum Gasteiger partial charge on any atom is -0.467 e. The first-order valence-electron chi connectivity index (χ1n) is 5.81. The summed E-state index contributed by atoms with van der Waals surface area (Å²) >= 11 is 0. The van der Waals surface area contributed by atoms with Crippen molar-refractivity contribution in [2.24, 2.45) is 0 Å². The number of hydrogen-bond acceptors (Lipinski definition) is 6. The predicted molar refractivity (Wildman–Crippen MR) is 64.9 cm³/mol. The molecule has 0 fully saturated rings. The van der Waals surface area contributed by atoms with Gasteiger partial charge in [0.25, 0.3) is 0 Å². The molecule has 0 saturated heterocycles. The first-order chi connectivity index (χ1) is 8.44. The third-order valence-electron chi connectivity index (χ3n) is 1.93. The van der Waals surface area contributed by atoms with Gasteiger partial charge in [-0.2, -0.15) is 0 Å². The van der Waals surface area contributed by atoms with Gasteiger partial charge in [-0.1, -0.05) is 20.3 Å². The first-order valence-corrected chi connectivity index (χ1v) is 5.81. The minimum atomic E-state index is -0.931. The number of ether oxygens (including phenoxy) is 2. The van der Waals surface area contributed by atoms with Crippen LogP contribution in [-0.4, -0.2) is 43.2 Å². The Kier molecular flexibility index (Phi) is 12.7. The maximum atomic E-state index is 10.5. The summed E-state index contributed by atoms with van der Waals surface area (Å²) in [6.45, 7) is 3.73. The monoisotopic (exact) mass is 262 g/mol. The lowest BCUT2D eigenvalue weighted by Crippen LogP contribution is -2.20. The van der Waals surface area contributed by atoms with Gasteiger partial charge in [0, 0.05) is 6.42 Å². The molecule has 6 heteroatoms. The zero-order valence-electron chi connectivity index (χ0n) is 11.4. The topological polar surface area (TPSA) is 89.9 Å². The van der Waals surface area contributed by atoms with Crippen LogP contribution in [-0.2, 0) is 23.9 Å². The van der Waals surface area contributed by atoms with Gasteiger partial charge in [-0.3, -0.25) is 4.79 Å². The van der Waals surface area contributed by atoms with Crippen molar-refractivity contribution in [3.8, 4) is 0 Å². The Bertz CT molecular complexity index is 261. The van der Waals surface area contributed by atoms with Crippen LogP contribution in [0.4, 0.5) is 0 Å². The van der Waals surface area contributed by atoms with Gasteiger partial charge in [0.05, 0.1) is 14.2 Å². The Hall–Kier alpha value is -1.43. The van der Waals surface area contributed by atoms with Crippen LogP contribution < -0.4 is 0 Å². The fourth-order valence-corrected chi connectivity index (χ4v) is 0.970. The molecule has 0 amide bonds. The molecule has 0 aromatic rings. The van der Waals surface area contributed by atoms with E-state index in [4.69, 9.17) is 5.11 Å². The normalized spacial score (nSPS) is 10.7. The Morgan fingerprint density at radius 1 is 1.06 bits per heavy atom. The number of aliphatic hydroxyl groups excluding tert-OH is 1. The molecule has 0 aliphatic rings. The molecule has 1 atom stereocenters. The van der Waals surface area contributed by atoms with E-state index in [1.54, 1.807) is 0 Å². The van der Waals surface area contributed by atoms with Crippen LogP contribution in [0.3, 0.4) is 0 Å². The summed E-state index contributed by atoms with van der Waals surface area (Å²) in [5.74, 6) is -1.73. The zero-order valence-corrected chi connectivity index (χ0v) is 11.4. The van der Waals surface area contributed by atoms with E-state index in [9.17, 15) is 14.4 Å². The highest BCUT2D eigenvalue weighted by Gasteiger charge is 2.12. The summed E-state index contributed by atoms with van der Waals surface area (Å²) in [6, 6.07) is 0. The van der Waals surface area contributed by atoms with Crippen LogP contribution >= 0.6 is 0 Å². The van der Waals surface area contributed by atoms with E-state index in [0.717, 1.165) is 6.42 Å². The van der Waals surface area contributed by atoms with Gasteiger partial charge in [0.15, 0.2) is 6.10 Å². The molecule has 0 heterocycles. The molecule has 0 rings (SSSR count). The lowest BCUT2D eigenvalue weighted by Gasteiger charge is -2.04. The van der Waals surface area contributed by atoms with E-state index in [0.29, 0.717) is 12.8 Å². The lowest BCUT2D eigenvalue weighted by molar-refractivity contribution is -0.151. The predicted octanol–water partition coefficient (Wildman–Crippen LogP) is 0.849. The summed E-state index contributed by atoms with van der Waals surface area (Å²) < 4.78 is 8.45. The Labute approximate surface area is 107 Å². The van der Waals surface area contributed by atoms with Gasteiger partial charge in [-0.25, -0.2) is 9.59 Å². The standard InChI is InChI=1S/C6H12O3.C6H10O3/c2*1-3-4-5(7)6(8)9-2/h5,7H,3-4H2,1-2H3;3-4H2,1-2H3. The highest BCUT2D eigenvalue weighted by molar-refractivity contribution is 6.33. The van der Waals surface area contributed by atoms with E-state index < -0.39 is 23.8 Å². The third kappa shape index (κ3) is 9.77. The molecular formula is C12H22O6. The number of esters is 2. The number of ketones is 1. The van der Waals surface area contributed by atoms with Crippen molar-refractivity contribution >= 4 is 17.7 Å². The second-order valence-corrected chi connectivity index (χ2v) is 3.49. The molecule has 1 unspecified atom stereocenters. The van der Waals surface area contributed by atoms with Crippen LogP contribution in [0.15, 0.2) is 0 Å². The number of methoxy groups -OCH3 is 2. The van der Waals surface area contributed by atoms with Crippen molar-refractivity contribution in [3.05, 3.63) is 0 Å². The summed E-state index contributed by atoms with van der Waals surface area (Å²) in [7, 11) is 2.47. The van der Waals surface area contributed by atoms with Crippen LogP contribution in [0.25, 0.3) is 0 Å². The molecule has 0 bridgehead atoms. The van der Waals surface area contributed by atoms with Crippen molar-refractivity contribution in [2.45, 2.75) is 45.6 Å². The fraction of sp³-hybridized carbons (Fsp3) is 0.750. The van der Waals surface area contributed by atoms with Gasteiger partial charge in [-0.05, 0) is 12.8 Å². The number of hydrogen-bond donors (Lipinski definition) is 1. The van der Waals surface area contributed by atoms with E-state index in [2.05, 4.69) is 9.47 Å². The Morgan fingerprint density at radius 3 is 1.94 bits per heavy atom. The van der Waals surface area contributed by atoms with Crippen molar-refractivity contribution in [1.82, 2.24) is 0 Å². The van der Waals surface area contributed by atoms with Gasteiger partial charge < -0.3 is 14.6 Å². The number of rotatable bonds is 6. The molecule has 0 aliphatic heterocycles. The van der Waals surface area contributed by atoms with Crippen molar-refractivity contribution in [3.63, 3.8) is 0 Å². The van der Waals surface area contributed by atoms with Crippen LogP contribution in [0.5, 0.6) is 0 Å². The quantitative estimate of drug-likeness (QED) is 0.563. The average Bonchev–Trinajstić information content (AvgIpc) is 2.38. The second kappa shape index (κ2) is 12.0. The first kappa shape index (κ1) is 18.9. The van der Waals surface area contributed by atoms with E-state index in [1.807, 2.05) is 13.8 Å². The molecular weight excluding hydrogens is 240 g/mol. The molecule has 0 spiro atoms. The van der Waals surface area contributed by atoms with Crippen molar-refractivity contribution in [1.29, 1.82) is 0 Å². The number of Topliss-reactive ketones (excluding diaryl/α,β-unsaturated/α-hetero) is 1. The highest BCUT2D eigenvalue weighted by atomic mass is 16.5. The Morgan fingerprint density at radius 2 is 1.61 bits per heavy atom. The second-order valence-electron chi connectivity index (χ2n) is 3.49. The lowest BCUT2D eigenvalue weighted by atomic mass is 10.2. The molecule has 1 N–H and O–H groups in total. The molecule has 106 valence electrons. The van der Waals surface area contributed by atoms with Crippen LogP contribution in [0.1, 0.15) is 39.5 Å². The smallest absolute Gasteiger partial charge is 0.374 e. The maximum absolute atomic E-state index is 10.5. The van der Waals surface area contributed by atoms with Gasteiger partial charge in [-0.15, -0.1) is 0 Å². The van der Waals surface area contributed by atoms with Gasteiger partial charge in [0.2, 0.25) is 5.78 Å². The summed E-state index contributed by atoms with van der Waals surface area (Å²) in [4.78, 5) is 31.3. The SMILES string of the molecule is CCCC(=O)C(=O)OC.CCCC(O)C(=O)OC. The largest absolute Gasteiger partial charge is 0.467 e. The van der Waals surface area contributed by atoms with Crippen molar-refractivity contribution in [2.75, 3.05) is 14.2 Å². The molecule has 0 saturated carbocycles. The van der Waals surface area contributed by atoms with Crippen molar-refractivity contribution < 1.29 is 29.0 Å². The molecule has 0 radical (unpaired) electrons. The molecule has 0 aromatic heterocycles. The number of carbonyl (C=O) groups is 3. The third-order valence-corrected chi connectivity index (χ3v) is 1.93. The summed E-state index contributed by atoms with van der Waals surface area (Å²) in [5, 5.41) is 8.84. The fourth-order valence-electron chi connectivity index (χ4n) is 0.970. The van der Waals surface area contributed by atoms with E-state index >= 15 is 0 Å². The highest BCUT2D eigenvalue weighted by Crippen LogP contribution is 1.96. The molecule has 0 aromatic carbocycles. The average molecular weight is 262 g/mol. The Balaban J connectivity index is 0. The maximum Gasteiger partial charge on any atom is 0.374 e. The molecule has 0 aliphatic carbocycles. The van der Waals surface area contributed by atoms with Crippen LogP contribution in [0, 0.1) is 0 Å². The number of carbonyl (C=O) groups excluding carboxylic acids is 3. The van der Waals surface area contributed by atoms with E-state index in [1.165, 1.54) is 14.2 Å². The number of aliphatic hydroxyl groups is 1. The minimum absolute atomic E-state index is 0.284. The molecule has 18 heavy (non-hydrogen) atoms. The van der Waals surface area contributed by atoms with Gasteiger partial charge >= 0.3 is 11.9 Å². The summed E-state index contributed by atoms with van der Waals surface area (Å²) in [5.41, 5.74) is 0. The van der Waals surface area contributed by atoms with Gasteiger partial charge in [0.1, 0.15) is 0 Å². The van der Waals surface area contributed by atoms with Crippen LogP contribution in [0.2, 0.25) is 0 Å². The van der Waals surface area contributed by atoms with E-state index in [-0.39, 0.29) is 6.42 Å². The summed E-state index contributed by atoms with van der Waals surface area (Å²) in [6.07, 6.45) is 1.31. The zero-order chi connectivity index (χ0) is 14.6. The molecule has 6 nitrogen and oxygen atoms in total.